The third-order valence-corrected chi connectivity index (χ3v) is 4.30. The fourth-order valence-corrected chi connectivity index (χ4v) is 2.96. The molecule has 0 aliphatic carbocycles. The summed E-state index contributed by atoms with van der Waals surface area (Å²) in [5.74, 6) is -0.316. The first-order valence-corrected chi connectivity index (χ1v) is 8.10. The minimum atomic E-state index is -0.370. The second-order valence-corrected chi connectivity index (χ2v) is 6.08. The van der Waals surface area contributed by atoms with E-state index in [9.17, 15) is 14.3 Å². The van der Waals surface area contributed by atoms with Crippen LogP contribution in [0, 0.1) is 12.7 Å². The first kappa shape index (κ1) is 16.1. The van der Waals surface area contributed by atoms with Crippen molar-refractivity contribution in [3.8, 4) is 11.5 Å². The smallest absolute Gasteiger partial charge is 0.204 e. The van der Waals surface area contributed by atoms with Crippen LogP contribution in [-0.4, -0.2) is 5.11 Å². The largest absolute Gasteiger partial charge is 0.507 e. The average Bonchev–Trinajstić information content (AvgIpc) is 2.62. The molecule has 0 aliphatic heterocycles. The van der Waals surface area contributed by atoms with Crippen LogP contribution in [0.25, 0.3) is 21.9 Å². The predicted molar refractivity (Wildman–Crippen MR) is 97.1 cm³/mol. The first-order valence-electron chi connectivity index (χ1n) is 8.10. The first-order chi connectivity index (χ1) is 12.5. The lowest BCUT2D eigenvalue weighted by Crippen LogP contribution is -2.04. The zero-order valence-corrected chi connectivity index (χ0v) is 14.0. The van der Waals surface area contributed by atoms with Gasteiger partial charge in [-0.2, -0.15) is 0 Å². The Labute approximate surface area is 148 Å². The molecule has 0 fully saturated rings. The summed E-state index contributed by atoms with van der Waals surface area (Å²) < 4.78 is 25.1. The molecule has 1 aromatic heterocycles. The number of aromatic hydroxyl groups is 1. The summed E-state index contributed by atoms with van der Waals surface area (Å²) in [6, 6.07) is 14.4. The monoisotopic (exact) mass is 350 g/mol. The van der Waals surface area contributed by atoms with E-state index in [1.807, 2.05) is 13.0 Å². The van der Waals surface area contributed by atoms with Crippen LogP contribution in [0.5, 0.6) is 11.5 Å². The number of hydrogen-bond donors (Lipinski definition) is 1. The molecule has 4 aromatic rings. The third kappa shape index (κ3) is 2.67. The van der Waals surface area contributed by atoms with Crippen LogP contribution in [0.1, 0.15) is 11.1 Å². The van der Waals surface area contributed by atoms with E-state index < -0.39 is 0 Å². The molecule has 0 aliphatic rings. The lowest BCUT2D eigenvalue weighted by molar-refractivity contribution is 0.298. The van der Waals surface area contributed by atoms with E-state index in [1.165, 1.54) is 18.2 Å². The maximum atomic E-state index is 13.7. The van der Waals surface area contributed by atoms with Gasteiger partial charge in [0.05, 0.1) is 5.39 Å². The number of aryl methyl sites for hydroxylation is 1. The molecular weight excluding hydrogens is 335 g/mol. The maximum absolute atomic E-state index is 13.7. The SMILES string of the molecule is Cc1cccc2c(=O)c3c(O)cc(OCc4ccccc4F)cc3oc12. The molecule has 4 rings (SSSR count). The summed E-state index contributed by atoms with van der Waals surface area (Å²) >= 11 is 0. The van der Waals surface area contributed by atoms with E-state index in [2.05, 4.69) is 0 Å². The summed E-state index contributed by atoms with van der Waals surface area (Å²) in [7, 11) is 0. The molecule has 0 saturated heterocycles. The van der Waals surface area contributed by atoms with Crippen molar-refractivity contribution in [3.63, 3.8) is 0 Å². The lowest BCUT2D eigenvalue weighted by atomic mass is 10.1. The van der Waals surface area contributed by atoms with E-state index in [0.717, 1.165) is 5.56 Å². The summed E-state index contributed by atoms with van der Waals surface area (Å²) in [5, 5.41) is 10.8. The van der Waals surface area contributed by atoms with Crippen LogP contribution in [-0.2, 0) is 6.61 Å². The van der Waals surface area contributed by atoms with Gasteiger partial charge in [0.25, 0.3) is 0 Å². The zero-order chi connectivity index (χ0) is 18.3. The highest BCUT2D eigenvalue weighted by atomic mass is 19.1. The number of fused-ring (bicyclic) bond motifs is 2. The highest BCUT2D eigenvalue weighted by molar-refractivity contribution is 5.94. The molecule has 130 valence electrons. The Bertz CT molecular complexity index is 1190. The van der Waals surface area contributed by atoms with Crippen molar-refractivity contribution in [3.05, 3.63) is 81.8 Å². The van der Waals surface area contributed by atoms with Gasteiger partial charge in [0, 0.05) is 17.7 Å². The number of halogens is 1. The van der Waals surface area contributed by atoms with Crippen molar-refractivity contribution in [1.29, 1.82) is 0 Å². The Morgan fingerprint density at radius 1 is 1.12 bits per heavy atom. The van der Waals surface area contributed by atoms with Gasteiger partial charge in [-0.25, -0.2) is 4.39 Å². The molecule has 0 saturated carbocycles. The molecule has 0 radical (unpaired) electrons. The predicted octanol–water partition coefficient (Wildman–Crippen LogP) is 4.68. The van der Waals surface area contributed by atoms with Gasteiger partial charge in [-0.3, -0.25) is 4.79 Å². The van der Waals surface area contributed by atoms with E-state index in [1.54, 1.807) is 30.3 Å². The summed E-state index contributed by atoms with van der Waals surface area (Å²) in [4.78, 5) is 12.7. The number of hydrogen-bond acceptors (Lipinski definition) is 4. The van der Waals surface area contributed by atoms with Crippen molar-refractivity contribution in [1.82, 2.24) is 0 Å². The van der Waals surface area contributed by atoms with Crippen molar-refractivity contribution in [2.24, 2.45) is 0 Å². The van der Waals surface area contributed by atoms with Gasteiger partial charge in [0.2, 0.25) is 5.43 Å². The van der Waals surface area contributed by atoms with Crippen LogP contribution in [0.3, 0.4) is 0 Å². The summed E-state index contributed by atoms with van der Waals surface area (Å²) in [5.41, 5.74) is 1.60. The van der Waals surface area contributed by atoms with Gasteiger partial charge in [-0.1, -0.05) is 30.3 Å². The quantitative estimate of drug-likeness (QED) is 0.545. The van der Waals surface area contributed by atoms with Gasteiger partial charge in [0.1, 0.15) is 40.5 Å². The fraction of sp³-hybridized carbons (Fsp3) is 0.0952. The molecule has 0 unspecified atom stereocenters. The molecule has 0 bridgehead atoms. The molecule has 0 spiro atoms. The molecule has 3 aromatic carbocycles. The second-order valence-electron chi connectivity index (χ2n) is 6.08. The number of phenolic OH excluding ortho intramolecular Hbond substituents is 1. The number of rotatable bonds is 3. The summed E-state index contributed by atoms with van der Waals surface area (Å²) in [6.45, 7) is 1.84. The van der Waals surface area contributed by atoms with Gasteiger partial charge in [-0.05, 0) is 24.6 Å². The highest BCUT2D eigenvalue weighted by Crippen LogP contribution is 2.31. The van der Waals surface area contributed by atoms with Crippen molar-refractivity contribution in [2.45, 2.75) is 13.5 Å². The van der Waals surface area contributed by atoms with Crippen molar-refractivity contribution < 1.29 is 18.7 Å². The van der Waals surface area contributed by atoms with Crippen molar-refractivity contribution in [2.75, 3.05) is 0 Å². The topological polar surface area (TPSA) is 59.7 Å². The van der Waals surface area contributed by atoms with Crippen molar-refractivity contribution >= 4 is 21.9 Å². The number of ether oxygens (including phenoxy) is 1. The highest BCUT2D eigenvalue weighted by Gasteiger charge is 2.15. The molecule has 0 atom stereocenters. The van der Waals surface area contributed by atoms with Gasteiger partial charge in [-0.15, -0.1) is 0 Å². The Kier molecular flexibility index (Phi) is 3.84. The minimum Gasteiger partial charge on any atom is -0.507 e. The Balaban J connectivity index is 1.81. The van der Waals surface area contributed by atoms with E-state index in [0.29, 0.717) is 16.5 Å². The van der Waals surface area contributed by atoms with Crippen LogP contribution in [0.15, 0.2) is 63.8 Å². The van der Waals surface area contributed by atoms with Gasteiger partial charge >= 0.3 is 0 Å². The maximum Gasteiger partial charge on any atom is 0.204 e. The fourth-order valence-electron chi connectivity index (χ4n) is 2.96. The number of phenols is 1. The van der Waals surface area contributed by atoms with E-state index in [-0.39, 0.29) is 40.3 Å². The molecule has 5 heteroatoms. The van der Waals surface area contributed by atoms with E-state index in [4.69, 9.17) is 9.15 Å². The Morgan fingerprint density at radius 2 is 1.92 bits per heavy atom. The standard InChI is InChI=1S/C21H15FO4/c1-12-5-4-7-15-20(24)19-17(23)9-14(10-18(19)26-21(12)15)25-11-13-6-2-3-8-16(13)22/h2-10,23H,11H2,1H3. The average molecular weight is 350 g/mol. The molecular formula is C21H15FO4. The molecule has 1 N–H and O–H groups in total. The van der Waals surface area contributed by atoms with Crippen LogP contribution in [0.2, 0.25) is 0 Å². The minimum absolute atomic E-state index is 0.00549. The number of para-hydroxylation sites is 1. The van der Waals surface area contributed by atoms with Gasteiger partial charge in [0.15, 0.2) is 0 Å². The van der Waals surface area contributed by atoms with E-state index >= 15 is 0 Å². The Morgan fingerprint density at radius 3 is 2.73 bits per heavy atom. The second kappa shape index (κ2) is 6.19. The third-order valence-electron chi connectivity index (χ3n) is 4.30. The molecule has 4 nitrogen and oxygen atoms in total. The van der Waals surface area contributed by atoms with Crippen LogP contribution in [0.4, 0.5) is 4.39 Å². The molecule has 0 amide bonds. The van der Waals surface area contributed by atoms with Crippen LogP contribution < -0.4 is 10.2 Å². The molecule has 26 heavy (non-hydrogen) atoms. The number of benzene rings is 3. The normalized spacial score (nSPS) is 11.2. The summed E-state index contributed by atoms with van der Waals surface area (Å²) in [6.07, 6.45) is 0. The van der Waals surface area contributed by atoms with Gasteiger partial charge < -0.3 is 14.3 Å². The lowest BCUT2D eigenvalue weighted by Gasteiger charge is -2.10. The zero-order valence-electron chi connectivity index (χ0n) is 14.0. The van der Waals surface area contributed by atoms with Crippen LogP contribution >= 0.6 is 0 Å². The molecule has 1 heterocycles. The Hall–Kier alpha value is -3.34.